The predicted molar refractivity (Wildman–Crippen MR) is 64.4 cm³/mol. The zero-order valence-electron chi connectivity index (χ0n) is 10.4. The highest BCUT2D eigenvalue weighted by Gasteiger charge is 2.25. The molecule has 1 aliphatic rings. The summed E-state index contributed by atoms with van der Waals surface area (Å²) in [5, 5.41) is 7.38. The molecule has 0 aliphatic carbocycles. The minimum absolute atomic E-state index is 0.138. The smallest absolute Gasteiger partial charge is 0.185 e. The number of nitrogens with zero attached hydrogens (tertiary/aromatic N) is 2. The van der Waals surface area contributed by atoms with E-state index in [0.29, 0.717) is 23.8 Å². The molecule has 1 saturated heterocycles. The molecule has 1 aliphatic heterocycles. The molecular weight excluding hydrogens is 218 g/mol. The molecule has 94 valence electrons. The van der Waals surface area contributed by atoms with E-state index in [1.54, 1.807) is 18.0 Å². The third kappa shape index (κ3) is 2.49. The lowest BCUT2D eigenvalue weighted by molar-refractivity contribution is 0.0931. The van der Waals surface area contributed by atoms with Gasteiger partial charge in [-0.2, -0.15) is 5.10 Å². The minimum atomic E-state index is 0.138. The highest BCUT2D eigenvalue weighted by Crippen LogP contribution is 2.22. The number of ketones is 1. The van der Waals surface area contributed by atoms with Gasteiger partial charge in [-0.25, -0.2) is 0 Å². The predicted octanol–water partition coefficient (Wildman–Crippen LogP) is 1.09. The maximum atomic E-state index is 12.2. The normalized spacial score (nSPS) is 15.6. The number of rotatable bonds is 6. The first-order chi connectivity index (χ1) is 8.26. The maximum absolute atomic E-state index is 12.2. The highest BCUT2D eigenvalue weighted by molar-refractivity contribution is 5.97. The second-order valence-corrected chi connectivity index (χ2v) is 4.44. The summed E-state index contributed by atoms with van der Waals surface area (Å²) in [6.07, 6.45) is 3.16. The fourth-order valence-corrected chi connectivity index (χ4v) is 2.03. The van der Waals surface area contributed by atoms with Crippen molar-refractivity contribution in [2.24, 2.45) is 5.92 Å². The second-order valence-electron chi connectivity index (χ2n) is 4.44. The van der Waals surface area contributed by atoms with Gasteiger partial charge < -0.3 is 10.1 Å². The van der Waals surface area contributed by atoms with E-state index >= 15 is 0 Å². The van der Waals surface area contributed by atoms with E-state index in [4.69, 9.17) is 4.74 Å². The van der Waals surface area contributed by atoms with Gasteiger partial charge in [-0.1, -0.05) is 6.92 Å². The number of aromatic nitrogens is 2. The van der Waals surface area contributed by atoms with Crippen molar-refractivity contribution in [1.29, 1.82) is 0 Å². The molecule has 1 aromatic heterocycles. The quantitative estimate of drug-likeness (QED) is 0.753. The zero-order chi connectivity index (χ0) is 12.3. The largest absolute Gasteiger partial charge is 0.493 e. The van der Waals surface area contributed by atoms with Crippen LogP contribution in [-0.2, 0) is 6.54 Å². The first kappa shape index (κ1) is 12.1. The summed E-state index contributed by atoms with van der Waals surface area (Å²) in [5.74, 6) is 1.20. The van der Waals surface area contributed by atoms with E-state index in [0.717, 1.165) is 26.1 Å². The van der Waals surface area contributed by atoms with E-state index in [2.05, 4.69) is 17.3 Å². The molecule has 17 heavy (non-hydrogen) atoms. The van der Waals surface area contributed by atoms with Crippen molar-refractivity contribution in [3.05, 3.63) is 11.9 Å². The molecule has 1 aromatic rings. The monoisotopic (exact) mass is 237 g/mol. The van der Waals surface area contributed by atoms with Crippen LogP contribution in [0.4, 0.5) is 0 Å². The molecule has 5 nitrogen and oxygen atoms in total. The summed E-state index contributed by atoms with van der Waals surface area (Å²) >= 11 is 0. The molecule has 0 saturated carbocycles. The van der Waals surface area contributed by atoms with Gasteiger partial charge in [0.25, 0.3) is 0 Å². The van der Waals surface area contributed by atoms with Gasteiger partial charge >= 0.3 is 0 Å². The van der Waals surface area contributed by atoms with Crippen LogP contribution in [0.2, 0.25) is 0 Å². The summed E-state index contributed by atoms with van der Waals surface area (Å²) in [4.78, 5) is 12.2. The van der Waals surface area contributed by atoms with E-state index in [9.17, 15) is 4.79 Å². The number of Topliss-reactive ketones (excluding diaryl/α,β-unsaturated/α-hetero) is 1. The van der Waals surface area contributed by atoms with E-state index in [1.807, 2.05) is 0 Å². The zero-order valence-corrected chi connectivity index (χ0v) is 10.4. The van der Waals surface area contributed by atoms with Crippen LogP contribution < -0.4 is 10.1 Å². The number of hydrogen-bond donors (Lipinski definition) is 1. The summed E-state index contributed by atoms with van der Waals surface area (Å²) < 4.78 is 6.96. The Morgan fingerprint density at radius 2 is 2.41 bits per heavy atom. The Balaban J connectivity index is 2.14. The van der Waals surface area contributed by atoms with Crippen molar-refractivity contribution >= 4 is 5.78 Å². The molecule has 0 aromatic carbocycles. The summed E-state index contributed by atoms with van der Waals surface area (Å²) in [5.41, 5.74) is 0.626. The Morgan fingerprint density at radius 1 is 1.65 bits per heavy atom. The number of carbonyl (C=O) groups is 1. The van der Waals surface area contributed by atoms with Crippen LogP contribution in [0, 0.1) is 5.92 Å². The molecule has 0 unspecified atom stereocenters. The molecule has 0 bridgehead atoms. The third-order valence-corrected chi connectivity index (χ3v) is 3.07. The van der Waals surface area contributed by atoms with Crippen LogP contribution in [0.3, 0.4) is 0 Å². The van der Waals surface area contributed by atoms with E-state index < -0.39 is 0 Å². The second kappa shape index (κ2) is 5.31. The van der Waals surface area contributed by atoms with Crippen molar-refractivity contribution in [2.75, 3.05) is 20.2 Å². The first-order valence-corrected chi connectivity index (χ1v) is 6.10. The van der Waals surface area contributed by atoms with Gasteiger partial charge in [0.15, 0.2) is 11.5 Å². The van der Waals surface area contributed by atoms with Crippen LogP contribution in [-0.4, -0.2) is 35.8 Å². The van der Waals surface area contributed by atoms with Gasteiger partial charge in [0, 0.05) is 13.0 Å². The minimum Gasteiger partial charge on any atom is -0.493 e. The van der Waals surface area contributed by atoms with Gasteiger partial charge in [0.1, 0.15) is 5.69 Å². The molecule has 0 spiro atoms. The standard InChI is InChI=1S/C12H19N3O2/c1-3-4-15-12(11(17-2)8-14-15)10(16)5-9-6-13-7-9/h8-9,13H,3-7H2,1-2H3. The van der Waals surface area contributed by atoms with Crippen LogP contribution in [0.5, 0.6) is 5.75 Å². The SMILES string of the molecule is CCCn1ncc(OC)c1C(=O)CC1CNC1. The molecule has 2 rings (SSSR count). The fourth-order valence-electron chi connectivity index (χ4n) is 2.03. The lowest BCUT2D eigenvalue weighted by Crippen LogP contribution is -2.43. The molecule has 0 radical (unpaired) electrons. The average Bonchev–Trinajstić information content (AvgIpc) is 2.67. The van der Waals surface area contributed by atoms with Crippen LogP contribution in [0.15, 0.2) is 6.20 Å². The number of aryl methyl sites for hydroxylation is 1. The Labute approximate surface area is 101 Å². The number of carbonyl (C=O) groups excluding carboxylic acids is 1. The average molecular weight is 237 g/mol. The van der Waals surface area contributed by atoms with Crippen molar-refractivity contribution in [3.8, 4) is 5.75 Å². The summed E-state index contributed by atoms with van der Waals surface area (Å²) in [6, 6.07) is 0. The van der Waals surface area contributed by atoms with E-state index in [1.165, 1.54) is 0 Å². The van der Waals surface area contributed by atoms with Gasteiger partial charge in [0.05, 0.1) is 13.3 Å². The third-order valence-electron chi connectivity index (χ3n) is 3.07. The Bertz CT molecular complexity index is 396. The van der Waals surface area contributed by atoms with Gasteiger partial charge in [-0.15, -0.1) is 0 Å². The Hall–Kier alpha value is -1.36. The van der Waals surface area contributed by atoms with Crippen LogP contribution >= 0.6 is 0 Å². The van der Waals surface area contributed by atoms with Crippen molar-refractivity contribution in [2.45, 2.75) is 26.3 Å². The van der Waals surface area contributed by atoms with Crippen molar-refractivity contribution in [1.82, 2.24) is 15.1 Å². The van der Waals surface area contributed by atoms with Crippen molar-refractivity contribution < 1.29 is 9.53 Å². The van der Waals surface area contributed by atoms with E-state index in [-0.39, 0.29) is 5.78 Å². The number of ether oxygens (including phenoxy) is 1. The fraction of sp³-hybridized carbons (Fsp3) is 0.667. The molecule has 0 atom stereocenters. The number of nitrogens with one attached hydrogen (secondary N) is 1. The van der Waals surface area contributed by atoms with Gasteiger partial charge in [-0.05, 0) is 25.4 Å². The molecular formula is C12H19N3O2. The number of methoxy groups -OCH3 is 1. The lowest BCUT2D eigenvalue weighted by atomic mass is 9.95. The van der Waals surface area contributed by atoms with Crippen molar-refractivity contribution in [3.63, 3.8) is 0 Å². The number of hydrogen-bond acceptors (Lipinski definition) is 4. The lowest BCUT2D eigenvalue weighted by Gasteiger charge is -2.26. The Kier molecular flexibility index (Phi) is 3.78. The van der Waals surface area contributed by atoms with Gasteiger partial charge in [-0.3, -0.25) is 9.48 Å². The summed E-state index contributed by atoms with van der Waals surface area (Å²) in [7, 11) is 1.58. The highest BCUT2D eigenvalue weighted by atomic mass is 16.5. The first-order valence-electron chi connectivity index (χ1n) is 6.10. The van der Waals surface area contributed by atoms with Gasteiger partial charge in [0.2, 0.25) is 0 Å². The molecule has 1 fully saturated rings. The maximum Gasteiger partial charge on any atom is 0.185 e. The topological polar surface area (TPSA) is 56.2 Å². The molecule has 1 N–H and O–H groups in total. The van der Waals surface area contributed by atoms with Crippen LogP contribution in [0.1, 0.15) is 30.3 Å². The molecule has 5 heteroatoms. The Morgan fingerprint density at radius 3 is 2.94 bits per heavy atom. The van der Waals surface area contributed by atoms with Crippen LogP contribution in [0.25, 0.3) is 0 Å². The molecule has 0 amide bonds. The molecule has 2 heterocycles. The summed E-state index contributed by atoms with van der Waals surface area (Å²) in [6.45, 7) is 4.71.